The molecule has 0 aromatic carbocycles. The van der Waals surface area contributed by atoms with E-state index < -0.39 is 0 Å². The molecule has 0 amide bonds. The fraction of sp³-hybridized carbons (Fsp3) is 0. The molecule has 0 aliphatic heterocycles. The molecule has 50 valence electrons. The maximum absolute atomic E-state index is 4.67. The third kappa shape index (κ3) is 0.719. The molecule has 0 bridgehead atoms. The van der Waals surface area contributed by atoms with Gasteiger partial charge in [0.1, 0.15) is 12.0 Å². The second kappa shape index (κ2) is 2.02. The topological polar surface area (TPSA) is 31.0 Å². The molecule has 3 nitrogen and oxygen atoms in total. The smallest absolute Gasteiger partial charge is 0.147 e. The maximum Gasteiger partial charge on any atom is 0.147 e. The van der Waals surface area contributed by atoms with Crippen LogP contribution in [0.2, 0.25) is 0 Å². The van der Waals surface area contributed by atoms with Crippen LogP contribution in [-0.2, 0) is 0 Å². The first-order valence-electron chi connectivity index (χ1n) is 2.99. The molecule has 0 saturated heterocycles. The molecule has 0 aliphatic rings. The summed E-state index contributed by atoms with van der Waals surface area (Å²) in [7, 11) is 0. The molecule has 2 heterocycles. The van der Waals surface area contributed by atoms with Crippen LogP contribution in [0.1, 0.15) is 0 Å². The van der Waals surface area contributed by atoms with Crippen LogP contribution < -0.4 is 0 Å². The van der Waals surface area contributed by atoms with E-state index in [9.17, 15) is 0 Å². The van der Waals surface area contributed by atoms with Gasteiger partial charge in [-0.2, -0.15) is 0 Å². The molecule has 0 aliphatic carbocycles. The molecule has 2 rings (SSSR count). The highest BCUT2D eigenvalue weighted by atomic mass is 16.5. The monoisotopic (exact) mass is 134 g/mol. The molecule has 0 atom stereocenters. The van der Waals surface area contributed by atoms with Gasteiger partial charge in [0.15, 0.2) is 0 Å². The molecule has 3 heteroatoms. The molecule has 0 radical (unpaired) electrons. The highest BCUT2D eigenvalue weighted by Gasteiger charge is 1.93. The zero-order valence-corrected chi connectivity index (χ0v) is 5.27. The van der Waals surface area contributed by atoms with Crippen LogP contribution in [0.25, 0.3) is 5.69 Å². The van der Waals surface area contributed by atoms with Gasteiger partial charge in [0.2, 0.25) is 0 Å². The Balaban J connectivity index is 2.48. The van der Waals surface area contributed by atoms with Crippen molar-refractivity contribution in [3.8, 4) is 5.69 Å². The zero-order chi connectivity index (χ0) is 6.81. The molecule has 0 fully saturated rings. The number of hydrogen-bond donors (Lipinski definition) is 0. The van der Waals surface area contributed by atoms with E-state index in [2.05, 4.69) is 9.68 Å². The van der Waals surface area contributed by atoms with E-state index in [0.29, 0.717) is 0 Å². The van der Waals surface area contributed by atoms with Crippen LogP contribution in [0.5, 0.6) is 0 Å². The van der Waals surface area contributed by atoms with E-state index in [1.54, 1.807) is 12.5 Å². The lowest BCUT2D eigenvalue weighted by Crippen LogP contribution is -1.83. The number of nitrogens with zero attached hydrogens (tertiary/aromatic N) is 2. The summed E-state index contributed by atoms with van der Waals surface area (Å²) in [5, 5.41) is 3.58. The third-order valence-electron chi connectivity index (χ3n) is 1.32. The van der Waals surface area contributed by atoms with Gasteiger partial charge >= 0.3 is 0 Å². The fourth-order valence-electron chi connectivity index (χ4n) is 0.833. The van der Waals surface area contributed by atoms with Gasteiger partial charge in [-0.1, -0.05) is 5.16 Å². The predicted octanol–water partition coefficient (Wildman–Crippen LogP) is 1.47. The molecular formula is C7H6N2O. The molecular weight excluding hydrogens is 128 g/mol. The average molecular weight is 134 g/mol. The SMILES string of the molecule is c1ccn(-c2cnoc2)c1. The molecule has 10 heavy (non-hydrogen) atoms. The van der Waals surface area contributed by atoms with E-state index in [1.165, 1.54) is 0 Å². The molecule has 0 N–H and O–H groups in total. The summed E-state index contributed by atoms with van der Waals surface area (Å²) in [6, 6.07) is 3.90. The van der Waals surface area contributed by atoms with E-state index in [0.717, 1.165) is 5.69 Å². The predicted molar refractivity (Wildman–Crippen MR) is 35.8 cm³/mol. The van der Waals surface area contributed by atoms with Gasteiger partial charge in [0.25, 0.3) is 0 Å². The van der Waals surface area contributed by atoms with Crippen LogP contribution >= 0.6 is 0 Å². The second-order valence-electron chi connectivity index (χ2n) is 1.97. The summed E-state index contributed by atoms with van der Waals surface area (Å²) >= 11 is 0. The Morgan fingerprint density at radius 2 is 2.10 bits per heavy atom. The van der Waals surface area contributed by atoms with Crippen molar-refractivity contribution < 1.29 is 4.52 Å². The highest BCUT2D eigenvalue weighted by Crippen LogP contribution is 2.04. The molecule has 0 spiro atoms. The average Bonchev–Trinajstić information content (AvgIpc) is 2.59. The van der Waals surface area contributed by atoms with Gasteiger partial charge in [-0.05, 0) is 12.1 Å². The van der Waals surface area contributed by atoms with E-state index in [1.807, 2.05) is 29.1 Å². The van der Waals surface area contributed by atoms with Crippen molar-refractivity contribution in [1.82, 2.24) is 9.72 Å². The van der Waals surface area contributed by atoms with Crippen molar-refractivity contribution in [3.05, 3.63) is 37.0 Å². The third-order valence-corrected chi connectivity index (χ3v) is 1.32. The first-order valence-corrected chi connectivity index (χ1v) is 2.99. The fourth-order valence-corrected chi connectivity index (χ4v) is 0.833. The lowest BCUT2D eigenvalue weighted by molar-refractivity contribution is 0.419. The van der Waals surface area contributed by atoms with Crippen molar-refractivity contribution >= 4 is 0 Å². The minimum atomic E-state index is 0.949. The standard InChI is InChI=1S/C7H6N2O/c1-2-4-9(3-1)7-5-8-10-6-7/h1-6H. The Morgan fingerprint density at radius 1 is 1.30 bits per heavy atom. The van der Waals surface area contributed by atoms with Crippen LogP contribution in [0.4, 0.5) is 0 Å². The largest absolute Gasteiger partial charge is 0.362 e. The van der Waals surface area contributed by atoms with Gasteiger partial charge in [0, 0.05) is 12.4 Å². The summed E-state index contributed by atoms with van der Waals surface area (Å²) < 4.78 is 6.59. The van der Waals surface area contributed by atoms with Crippen molar-refractivity contribution in [3.63, 3.8) is 0 Å². The van der Waals surface area contributed by atoms with Gasteiger partial charge in [0.05, 0.1) is 6.20 Å². The molecule has 2 aromatic rings. The van der Waals surface area contributed by atoms with E-state index >= 15 is 0 Å². The summed E-state index contributed by atoms with van der Waals surface area (Å²) in [6.07, 6.45) is 7.14. The van der Waals surface area contributed by atoms with Crippen LogP contribution in [-0.4, -0.2) is 9.72 Å². The molecule has 0 unspecified atom stereocenters. The van der Waals surface area contributed by atoms with Crippen molar-refractivity contribution in [2.75, 3.05) is 0 Å². The van der Waals surface area contributed by atoms with Crippen LogP contribution in [0.15, 0.2) is 41.5 Å². The first kappa shape index (κ1) is 5.29. The Kier molecular flexibility index (Phi) is 1.07. The Bertz CT molecular complexity index is 251. The minimum absolute atomic E-state index is 0.949. The summed E-state index contributed by atoms with van der Waals surface area (Å²) in [6.45, 7) is 0. The normalized spacial score (nSPS) is 10.0. The summed E-state index contributed by atoms with van der Waals surface area (Å²) in [5.74, 6) is 0. The number of rotatable bonds is 1. The van der Waals surface area contributed by atoms with Gasteiger partial charge in [-0.25, -0.2) is 0 Å². The maximum atomic E-state index is 4.67. The van der Waals surface area contributed by atoms with Crippen LogP contribution in [0, 0.1) is 0 Å². The van der Waals surface area contributed by atoms with E-state index in [4.69, 9.17) is 0 Å². The lowest BCUT2D eigenvalue weighted by Gasteiger charge is -1.91. The molecule has 2 aromatic heterocycles. The quantitative estimate of drug-likeness (QED) is 0.591. The lowest BCUT2D eigenvalue weighted by atomic mass is 10.6. The van der Waals surface area contributed by atoms with Gasteiger partial charge < -0.3 is 9.09 Å². The Labute approximate surface area is 57.9 Å². The first-order chi connectivity index (χ1) is 4.97. The van der Waals surface area contributed by atoms with E-state index in [-0.39, 0.29) is 0 Å². The van der Waals surface area contributed by atoms with Crippen molar-refractivity contribution in [2.45, 2.75) is 0 Å². The van der Waals surface area contributed by atoms with Crippen LogP contribution in [0.3, 0.4) is 0 Å². The highest BCUT2D eigenvalue weighted by molar-refractivity contribution is 5.23. The summed E-state index contributed by atoms with van der Waals surface area (Å²) in [5.41, 5.74) is 0.949. The van der Waals surface area contributed by atoms with Gasteiger partial charge in [-0.3, -0.25) is 0 Å². The minimum Gasteiger partial charge on any atom is -0.362 e. The van der Waals surface area contributed by atoms with Crippen molar-refractivity contribution in [2.24, 2.45) is 0 Å². The Hall–Kier alpha value is -1.51. The summed E-state index contributed by atoms with van der Waals surface area (Å²) in [4.78, 5) is 0. The van der Waals surface area contributed by atoms with Gasteiger partial charge in [-0.15, -0.1) is 0 Å². The number of hydrogen-bond acceptors (Lipinski definition) is 2. The molecule has 0 saturated carbocycles. The Morgan fingerprint density at radius 3 is 2.70 bits per heavy atom. The zero-order valence-electron chi connectivity index (χ0n) is 5.27. The van der Waals surface area contributed by atoms with Crippen molar-refractivity contribution in [1.29, 1.82) is 0 Å². The number of aromatic nitrogens is 2. The second-order valence-corrected chi connectivity index (χ2v) is 1.97.